The first-order valence-electron chi connectivity index (χ1n) is 10.8. The third-order valence-electron chi connectivity index (χ3n) is 5.40. The molecule has 7 heteroatoms. The number of aliphatic hydroxyl groups is 1. The molecule has 2 aromatic rings. The number of quaternary nitrogens is 1. The molecule has 1 aliphatic heterocycles. The Labute approximate surface area is 188 Å². The molecule has 0 aromatic heterocycles. The van der Waals surface area contributed by atoms with Crippen LogP contribution in [0.2, 0.25) is 0 Å². The molecule has 1 amide bonds. The fourth-order valence-corrected chi connectivity index (χ4v) is 3.70. The smallest absolute Gasteiger partial charge is 0.295 e. The van der Waals surface area contributed by atoms with Gasteiger partial charge in [0.25, 0.3) is 11.7 Å². The van der Waals surface area contributed by atoms with E-state index in [-0.39, 0.29) is 11.3 Å². The van der Waals surface area contributed by atoms with Crippen LogP contribution in [0.25, 0.3) is 5.76 Å². The van der Waals surface area contributed by atoms with E-state index in [1.165, 1.54) is 0 Å². The molecule has 170 valence electrons. The van der Waals surface area contributed by atoms with Gasteiger partial charge in [0.2, 0.25) is 0 Å². The Morgan fingerprint density at radius 1 is 1.09 bits per heavy atom. The predicted molar refractivity (Wildman–Crippen MR) is 122 cm³/mol. The molecule has 0 saturated carbocycles. The fraction of sp³-hybridized carbons (Fsp3) is 0.360. The highest BCUT2D eigenvalue weighted by Crippen LogP contribution is 2.40. The fourth-order valence-electron chi connectivity index (χ4n) is 3.70. The van der Waals surface area contributed by atoms with Crippen LogP contribution in [-0.2, 0) is 9.59 Å². The zero-order valence-electron chi connectivity index (χ0n) is 19.1. The lowest BCUT2D eigenvalue weighted by atomic mass is 9.95. The first kappa shape index (κ1) is 23.3. The number of likely N-dealkylation sites (tertiary alicyclic amines) is 1. The van der Waals surface area contributed by atoms with Crippen molar-refractivity contribution in [3.05, 3.63) is 65.2 Å². The highest BCUT2D eigenvalue weighted by molar-refractivity contribution is 6.46. The number of methoxy groups -OCH3 is 1. The van der Waals surface area contributed by atoms with Gasteiger partial charge in [-0.3, -0.25) is 9.59 Å². The number of benzene rings is 2. The molecular formula is C25H31N2O5+. The summed E-state index contributed by atoms with van der Waals surface area (Å²) in [6, 6.07) is 13.4. The molecule has 7 nitrogen and oxygen atoms in total. The summed E-state index contributed by atoms with van der Waals surface area (Å²) in [6.07, 6.45) is 0.867. The quantitative estimate of drug-likeness (QED) is 0.355. The Morgan fingerprint density at radius 2 is 1.81 bits per heavy atom. The molecule has 1 fully saturated rings. The van der Waals surface area contributed by atoms with Gasteiger partial charge < -0.3 is 24.4 Å². The van der Waals surface area contributed by atoms with Gasteiger partial charge in [-0.1, -0.05) is 19.1 Å². The molecule has 3 rings (SSSR count). The Bertz CT molecular complexity index is 998. The van der Waals surface area contributed by atoms with E-state index in [1.807, 2.05) is 45.3 Å². The van der Waals surface area contributed by atoms with Gasteiger partial charge in [0.1, 0.15) is 17.3 Å². The van der Waals surface area contributed by atoms with E-state index in [4.69, 9.17) is 9.47 Å². The van der Waals surface area contributed by atoms with Gasteiger partial charge in [0, 0.05) is 5.56 Å². The van der Waals surface area contributed by atoms with Gasteiger partial charge >= 0.3 is 0 Å². The topological polar surface area (TPSA) is 80.5 Å². The van der Waals surface area contributed by atoms with Crippen molar-refractivity contribution in [3.8, 4) is 11.5 Å². The average molecular weight is 440 g/mol. The molecule has 0 bridgehead atoms. The molecule has 1 aliphatic rings. The minimum absolute atomic E-state index is 0.0848. The summed E-state index contributed by atoms with van der Waals surface area (Å²) in [5.41, 5.74) is 1.26. The Kier molecular flexibility index (Phi) is 7.53. The summed E-state index contributed by atoms with van der Waals surface area (Å²) >= 11 is 0. The number of ketones is 1. The standard InChI is InChI=1S/C25H30N2O5/c1-5-15-32-20-8-6-7-18(16-20)22-21(23(28)17-9-11-19(31-4)12-10-17)24(29)25(30)27(22)14-13-26(2)3/h6-12,16,22,28H,5,13-15H2,1-4H3/p+1/b23-21-/t22-/m1/s1. The number of likely N-dealkylation sites (N-methyl/N-ethyl adjacent to an activating group) is 1. The largest absolute Gasteiger partial charge is 0.507 e. The van der Waals surface area contributed by atoms with Crippen LogP contribution in [0, 0.1) is 0 Å². The normalized spacial score (nSPS) is 17.8. The Morgan fingerprint density at radius 3 is 2.44 bits per heavy atom. The average Bonchev–Trinajstić information content (AvgIpc) is 3.06. The molecule has 0 aliphatic carbocycles. The summed E-state index contributed by atoms with van der Waals surface area (Å²) in [4.78, 5) is 28.7. The maximum absolute atomic E-state index is 13.1. The second-order valence-electron chi connectivity index (χ2n) is 8.10. The van der Waals surface area contributed by atoms with Crippen LogP contribution in [0.1, 0.15) is 30.5 Å². The van der Waals surface area contributed by atoms with E-state index >= 15 is 0 Å². The maximum atomic E-state index is 13.1. The summed E-state index contributed by atoms with van der Waals surface area (Å²) in [7, 11) is 5.53. The molecule has 2 N–H and O–H groups in total. The molecule has 1 saturated heterocycles. The molecule has 1 atom stereocenters. The number of nitrogens with zero attached hydrogens (tertiary/aromatic N) is 1. The lowest BCUT2D eigenvalue weighted by Gasteiger charge is -2.26. The monoisotopic (exact) mass is 439 g/mol. The van der Waals surface area contributed by atoms with Gasteiger partial charge in [-0.2, -0.15) is 0 Å². The zero-order chi connectivity index (χ0) is 23.3. The summed E-state index contributed by atoms with van der Waals surface area (Å²) in [5.74, 6) is -0.190. The van der Waals surface area contributed by atoms with Crippen molar-refractivity contribution in [3.63, 3.8) is 0 Å². The second-order valence-corrected chi connectivity index (χ2v) is 8.10. The van der Waals surface area contributed by atoms with Crippen LogP contribution in [-0.4, -0.2) is 62.6 Å². The van der Waals surface area contributed by atoms with Gasteiger partial charge in [0.05, 0.1) is 52.5 Å². The lowest BCUT2D eigenvalue weighted by Crippen LogP contribution is -3.06. The number of aliphatic hydroxyl groups excluding tert-OH is 1. The van der Waals surface area contributed by atoms with Crippen molar-refractivity contribution in [2.45, 2.75) is 19.4 Å². The molecule has 0 spiro atoms. The third kappa shape index (κ3) is 4.94. The first-order chi connectivity index (χ1) is 15.4. The number of ether oxygens (including phenoxy) is 2. The predicted octanol–water partition coefficient (Wildman–Crippen LogP) is 2.05. The van der Waals surface area contributed by atoms with E-state index < -0.39 is 17.7 Å². The van der Waals surface area contributed by atoms with Crippen molar-refractivity contribution in [1.29, 1.82) is 0 Å². The number of hydrogen-bond donors (Lipinski definition) is 2. The van der Waals surface area contributed by atoms with Crippen molar-refractivity contribution in [2.75, 3.05) is 40.9 Å². The number of carbonyl (C=O) groups is 2. The van der Waals surface area contributed by atoms with E-state index in [1.54, 1.807) is 36.3 Å². The van der Waals surface area contributed by atoms with Crippen LogP contribution < -0.4 is 14.4 Å². The molecular weight excluding hydrogens is 408 g/mol. The maximum Gasteiger partial charge on any atom is 0.295 e. The molecule has 32 heavy (non-hydrogen) atoms. The SMILES string of the molecule is CCCOc1cccc([C@@H]2/C(=C(/O)c3ccc(OC)cc3)C(=O)C(=O)N2CC[NH+](C)C)c1. The number of nitrogens with one attached hydrogen (secondary N) is 1. The minimum Gasteiger partial charge on any atom is -0.507 e. The van der Waals surface area contributed by atoms with Crippen molar-refractivity contribution < 1.29 is 29.1 Å². The number of carbonyl (C=O) groups excluding carboxylic acids is 2. The molecule has 0 unspecified atom stereocenters. The zero-order valence-corrected chi connectivity index (χ0v) is 19.1. The van der Waals surface area contributed by atoms with Gasteiger partial charge in [-0.15, -0.1) is 0 Å². The number of hydrogen-bond acceptors (Lipinski definition) is 5. The molecule has 1 heterocycles. The van der Waals surface area contributed by atoms with Crippen molar-refractivity contribution >= 4 is 17.4 Å². The van der Waals surface area contributed by atoms with E-state index in [2.05, 4.69) is 0 Å². The van der Waals surface area contributed by atoms with Crippen LogP contribution in [0.3, 0.4) is 0 Å². The highest BCUT2D eigenvalue weighted by Gasteiger charge is 2.46. The molecule has 0 radical (unpaired) electrons. The van der Waals surface area contributed by atoms with Crippen LogP contribution >= 0.6 is 0 Å². The second kappa shape index (κ2) is 10.3. The van der Waals surface area contributed by atoms with Crippen LogP contribution in [0.15, 0.2) is 54.1 Å². The Balaban J connectivity index is 2.10. The van der Waals surface area contributed by atoms with Crippen LogP contribution in [0.4, 0.5) is 0 Å². The highest BCUT2D eigenvalue weighted by atomic mass is 16.5. The summed E-state index contributed by atoms with van der Waals surface area (Å²) in [5, 5.41) is 11.1. The van der Waals surface area contributed by atoms with Crippen molar-refractivity contribution in [1.82, 2.24) is 4.90 Å². The minimum atomic E-state index is -0.693. The van der Waals surface area contributed by atoms with Gasteiger partial charge in [0.15, 0.2) is 0 Å². The number of rotatable bonds is 9. The van der Waals surface area contributed by atoms with E-state index in [0.717, 1.165) is 16.9 Å². The Hall–Kier alpha value is -3.32. The summed E-state index contributed by atoms with van der Waals surface area (Å²) < 4.78 is 10.9. The van der Waals surface area contributed by atoms with E-state index in [0.29, 0.717) is 36.8 Å². The summed E-state index contributed by atoms with van der Waals surface area (Å²) in [6.45, 7) is 3.64. The van der Waals surface area contributed by atoms with Crippen LogP contribution in [0.5, 0.6) is 11.5 Å². The molecule has 2 aromatic carbocycles. The lowest BCUT2D eigenvalue weighted by molar-refractivity contribution is -0.857. The van der Waals surface area contributed by atoms with E-state index in [9.17, 15) is 14.7 Å². The first-order valence-corrected chi connectivity index (χ1v) is 10.8. The number of amides is 1. The van der Waals surface area contributed by atoms with Gasteiger partial charge in [-0.05, 0) is 48.4 Å². The van der Waals surface area contributed by atoms with Gasteiger partial charge in [-0.25, -0.2) is 0 Å². The third-order valence-corrected chi connectivity index (χ3v) is 5.40. The number of Topliss-reactive ketones (excluding diaryl/α,β-unsaturated/α-hetero) is 1. The van der Waals surface area contributed by atoms with Crippen molar-refractivity contribution in [2.24, 2.45) is 0 Å².